The second-order valence-corrected chi connectivity index (χ2v) is 5.09. The van der Waals surface area contributed by atoms with E-state index >= 15 is 0 Å². The molecule has 4 rings (SSSR count). The summed E-state index contributed by atoms with van der Waals surface area (Å²) in [6.45, 7) is 1.99. The molecule has 100 valence electrons. The van der Waals surface area contributed by atoms with Crippen molar-refractivity contribution in [1.29, 1.82) is 0 Å². The number of benzene rings is 1. The van der Waals surface area contributed by atoms with E-state index in [0.29, 0.717) is 0 Å². The Morgan fingerprint density at radius 2 is 1.62 bits per heavy atom. The van der Waals surface area contributed by atoms with Crippen molar-refractivity contribution in [2.45, 2.75) is 6.92 Å². The Morgan fingerprint density at radius 3 is 2.43 bits per heavy atom. The van der Waals surface area contributed by atoms with Crippen LogP contribution >= 0.6 is 0 Å². The summed E-state index contributed by atoms with van der Waals surface area (Å²) in [5.41, 5.74) is 5.14. The van der Waals surface area contributed by atoms with Crippen LogP contribution in [0.25, 0.3) is 32.9 Å². The normalized spacial score (nSPS) is 11.1. The van der Waals surface area contributed by atoms with Gasteiger partial charge in [-0.15, -0.1) is 0 Å². The molecule has 0 saturated carbocycles. The van der Waals surface area contributed by atoms with Crippen LogP contribution in [0.3, 0.4) is 0 Å². The third kappa shape index (κ3) is 1.94. The van der Waals surface area contributed by atoms with E-state index in [0.717, 1.165) is 38.6 Å². The Morgan fingerprint density at radius 1 is 0.810 bits per heavy atom. The molecule has 0 aliphatic rings. The number of hydrogen-bond acceptors (Lipinski definition) is 3. The lowest BCUT2D eigenvalue weighted by atomic mass is 9.99. The molecule has 0 saturated heterocycles. The predicted molar refractivity (Wildman–Crippen MR) is 85.0 cm³/mol. The number of aromatic nitrogens is 3. The molecule has 0 spiro atoms. The molecule has 3 aromatic heterocycles. The van der Waals surface area contributed by atoms with Gasteiger partial charge in [0.05, 0.1) is 11.0 Å². The molecule has 0 bridgehead atoms. The molecule has 0 radical (unpaired) electrons. The first kappa shape index (κ1) is 12.0. The number of rotatable bonds is 1. The van der Waals surface area contributed by atoms with Gasteiger partial charge in [0.2, 0.25) is 0 Å². The van der Waals surface area contributed by atoms with Crippen LogP contribution in [0.2, 0.25) is 0 Å². The van der Waals surface area contributed by atoms with E-state index in [9.17, 15) is 0 Å². The summed E-state index contributed by atoms with van der Waals surface area (Å²) in [5.74, 6) is 0. The maximum atomic E-state index is 4.53. The Kier molecular flexibility index (Phi) is 2.64. The van der Waals surface area contributed by atoms with E-state index in [1.807, 2.05) is 43.7 Å². The number of hydrogen-bond donors (Lipinski definition) is 0. The summed E-state index contributed by atoms with van der Waals surface area (Å²) in [6.07, 6.45) is 5.54. The lowest BCUT2D eigenvalue weighted by Crippen LogP contribution is -1.89. The summed E-state index contributed by atoms with van der Waals surface area (Å²) >= 11 is 0. The van der Waals surface area contributed by atoms with Crippen molar-refractivity contribution >= 4 is 21.8 Å². The molecule has 0 unspecified atom stereocenters. The van der Waals surface area contributed by atoms with Gasteiger partial charge in [0, 0.05) is 40.6 Å². The number of pyridine rings is 3. The van der Waals surface area contributed by atoms with Crippen molar-refractivity contribution < 1.29 is 0 Å². The first-order chi connectivity index (χ1) is 10.3. The van der Waals surface area contributed by atoms with Crippen molar-refractivity contribution in [3.63, 3.8) is 0 Å². The number of nitrogens with zero attached hydrogens (tertiary/aromatic N) is 3. The smallest absolute Gasteiger partial charge is 0.0970 e. The molecule has 0 atom stereocenters. The Balaban J connectivity index is 2.13. The van der Waals surface area contributed by atoms with E-state index in [-0.39, 0.29) is 0 Å². The fourth-order valence-corrected chi connectivity index (χ4v) is 2.64. The van der Waals surface area contributed by atoms with Crippen LogP contribution in [-0.4, -0.2) is 15.0 Å². The van der Waals surface area contributed by atoms with Gasteiger partial charge in [-0.3, -0.25) is 15.0 Å². The molecular weight excluding hydrogens is 258 g/mol. The summed E-state index contributed by atoms with van der Waals surface area (Å²) in [5, 5.41) is 2.20. The van der Waals surface area contributed by atoms with Gasteiger partial charge < -0.3 is 0 Å². The zero-order chi connectivity index (χ0) is 14.2. The van der Waals surface area contributed by atoms with Crippen LogP contribution in [0.4, 0.5) is 0 Å². The molecule has 1 aromatic carbocycles. The first-order valence-corrected chi connectivity index (χ1v) is 6.88. The van der Waals surface area contributed by atoms with Gasteiger partial charge in [0.1, 0.15) is 0 Å². The zero-order valence-electron chi connectivity index (χ0n) is 11.6. The second-order valence-electron chi connectivity index (χ2n) is 5.09. The van der Waals surface area contributed by atoms with Crippen molar-refractivity contribution in [3.8, 4) is 11.1 Å². The van der Waals surface area contributed by atoms with Crippen LogP contribution in [-0.2, 0) is 0 Å². The molecule has 0 fully saturated rings. The largest absolute Gasteiger partial charge is 0.261 e. The highest BCUT2D eigenvalue weighted by molar-refractivity contribution is 6.09. The van der Waals surface area contributed by atoms with Crippen molar-refractivity contribution in [1.82, 2.24) is 15.0 Å². The topological polar surface area (TPSA) is 38.7 Å². The summed E-state index contributed by atoms with van der Waals surface area (Å²) in [4.78, 5) is 13.4. The zero-order valence-corrected chi connectivity index (χ0v) is 11.6. The molecule has 4 aromatic rings. The van der Waals surface area contributed by atoms with E-state index in [2.05, 4.69) is 39.2 Å². The molecule has 3 nitrogen and oxygen atoms in total. The lowest BCUT2D eigenvalue weighted by molar-refractivity contribution is 1.20. The summed E-state index contributed by atoms with van der Waals surface area (Å²) in [7, 11) is 0. The van der Waals surface area contributed by atoms with Crippen LogP contribution in [0.1, 0.15) is 5.69 Å². The fraction of sp³-hybridized carbons (Fsp3) is 0.0556. The summed E-state index contributed by atoms with van der Waals surface area (Å²) < 4.78 is 0. The molecule has 0 N–H and O–H groups in total. The van der Waals surface area contributed by atoms with Crippen LogP contribution < -0.4 is 0 Å². The SMILES string of the molecule is Cc1ccc(-c2cc3cccnc3c3ncccc23)cn1. The highest BCUT2D eigenvalue weighted by atomic mass is 14.7. The van der Waals surface area contributed by atoms with E-state index in [1.165, 1.54) is 0 Å². The Hall–Kier alpha value is -2.81. The highest BCUT2D eigenvalue weighted by Crippen LogP contribution is 2.32. The van der Waals surface area contributed by atoms with Gasteiger partial charge in [-0.25, -0.2) is 0 Å². The maximum absolute atomic E-state index is 4.53. The molecule has 21 heavy (non-hydrogen) atoms. The minimum absolute atomic E-state index is 0.936. The minimum Gasteiger partial charge on any atom is -0.261 e. The van der Waals surface area contributed by atoms with E-state index < -0.39 is 0 Å². The van der Waals surface area contributed by atoms with Crippen molar-refractivity contribution in [2.24, 2.45) is 0 Å². The molecule has 3 heterocycles. The quantitative estimate of drug-likeness (QED) is 0.488. The van der Waals surface area contributed by atoms with Crippen molar-refractivity contribution in [2.75, 3.05) is 0 Å². The molecule has 0 aliphatic heterocycles. The van der Waals surface area contributed by atoms with Gasteiger partial charge in [0.15, 0.2) is 0 Å². The first-order valence-electron chi connectivity index (χ1n) is 6.88. The Labute approximate surface area is 122 Å². The lowest BCUT2D eigenvalue weighted by Gasteiger charge is -2.09. The van der Waals surface area contributed by atoms with Crippen LogP contribution in [0.15, 0.2) is 61.1 Å². The molecular formula is C18H13N3. The average molecular weight is 271 g/mol. The fourth-order valence-electron chi connectivity index (χ4n) is 2.64. The van der Waals surface area contributed by atoms with Crippen LogP contribution in [0, 0.1) is 6.92 Å². The van der Waals surface area contributed by atoms with Gasteiger partial charge in [-0.2, -0.15) is 0 Å². The number of aryl methyl sites for hydroxylation is 1. The second kappa shape index (κ2) is 4.63. The standard InChI is InChI=1S/C18H13N3/c1-12-6-7-14(11-21-12)16-10-13-4-2-8-19-17(13)18-15(16)5-3-9-20-18/h2-11H,1H3. The Bertz CT molecular complexity index is 943. The predicted octanol–water partition coefficient (Wildman–Crippen LogP) is 4.15. The average Bonchev–Trinajstić information content (AvgIpc) is 2.55. The van der Waals surface area contributed by atoms with Gasteiger partial charge in [-0.1, -0.05) is 18.2 Å². The van der Waals surface area contributed by atoms with Crippen LogP contribution in [0.5, 0.6) is 0 Å². The monoisotopic (exact) mass is 271 g/mol. The van der Waals surface area contributed by atoms with Gasteiger partial charge in [-0.05, 0) is 36.8 Å². The van der Waals surface area contributed by atoms with Gasteiger partial charge in [0.25, 0.3) is 0 Å². The van der Waals surface area contributed by atoms with E-state index in [4.69, 9.17) is 0 Å². The molecule has 3 heteroatoms. The highest BCUT2D eigenvalue weighted by Gasteiger charge is 2.09. The maximum Gasteiger partial charge on any atom is 0.0970 e. The van der Waals surface area contributed by atoms with Gasteiger partial charge >= 0.3 is 0 Å². The van der Waals surface area contributed by atoms with Crippen molar-refractivity contribution in [3.05, 3.63) is 66.7 Å². The third-order valence-electron chi connectivity index (χ3n) is 3.68. The summed E-state index contributed by atoms with van der Waals surface area (Å²) in [6, 6.07) is 14.4. The number of fused-ring (bicyclic) bond motifs is 3. The molecule has 0 aliphatic carbocycles. The minimum atomic E-state index is 0.936. The molecule has 0 amide bonds. The third-order valence-corrected chi connectivity index (χ3v) is 3.68. The van der Waals surface area contributed by atoms with E-state index in [1.54, 1.807) is 0 Å².